The van der Waals surface area contributed by atoms with Crippen molar-refractivity contribution in [2.24, 2.45) is 15.0 Å². The van der Waals surface area contributed by atoms with Gasteiger partial charge in [-0.15, -0.1) is 0 Å². The molecule has 21 rings (SSSR count). The minimum atomic E-state index is -1.81. The van der Waals surface area contributed by atoms with Crippen molar-refractivity contribution in [3.05, 3.63) is 166 Å². The van der Waals surface area contributed by atoms with Crippen LogP contribution in [0.1, 0.15) is 218 Å². The van der Waals surface area contributed by atoms with Gasteiger partial charge in [0.1, 0.15) is 12.1 Å². The summed E-state index contributed by atoms with van der Waals surface area (Å²) >= 11 is 0. The number of hydrogen-bond acceptors (Lipinski definition) is 20. The van der Waals surface area contributed by atoms with Gasteiger partial charge in [-0.05, 0) is 202 Å². The normalized spacial score (nSPS) is 18.2. The number of amides is 9. The average molecular weight is 1790 g/mol. The number of aliphatic hydroxyl groups is 3. The lowest BCUT2D eigenvalue weighted by molar-refractivity contribution is -0.140. The summed E-state index contributed by atoms with van der Waals surface area (Å²) in [6, 6.07) is 29.4. The lowest BCUT2D eigenvalue weighted by Crippen LogP contribution is -2.47. The standard InChI is InChI=1S/C101H90N12O20/c114-74(33-34-75(115)103-67(30-35-76(116)117)91(122)104-68(31-36-77(118)119)92(123)105-69(101(132)133)32-37-78(120)121)102-50-14-16-52(17-15-50)111-94(125)60-27-23-56-86-73(109-44-10-11-45-109)49-66-82-62(29-25-58(90(82)86)85-71(107-40-6-7-41-107)47-64(98(111)129)80(60)88(56)85)96(127)113(100(66)131)54-20-18-53(19-21-54)112-95(126)61-28-24-57-83-70(106-38-4-5-39-106)46-63-79-59(93(124)110(97(63)128)51-12-2-1-3-13-51)26-22-55(87(79)83)84-72(108-42-8-9-43-108)48-65(99(112)130)81(61)89(57)84/h14-29,46-49,51,67-69H,1-13,30-45H2,(H,102,114)(H,103,115)(H,104,122)(H,105,123)(H,116,117)(H,118,119)(H,120,121)(H,132,133)/t67-,68-,69-/m0/s1. The summed E-state index contributed by atoms with van der Waals surface area (Å²) < 4.78 is 0. The molecule has 4 saturated heterocycles. The largest absolute Gasteiger partial charge is 0.497 e. The van der Waals surface area contributed by atoms with Crippen LogP contribution < -0.4 is 39.6 Å². The molecule has 133 heavy (non-hydrogen) atoms. The van der Waals surface area contributed by atoms with Gasteiger partial charge in [0.05, 0.1) is 39.3 Å². The molecule has 32 heteroatoms. The molecule has 32 nitrogen and oxygen atoms in total. The smallest absolute Gasteiger partial charge is 0.328 e. The summed E-state index contributed by atoms with van der Waals surface area (Å²) in [6.07, 6.45) is 6.97. The van der Waals surface area contributed by atoms with Gasteiger partial charge in [0, 0.05) is 206 Å². The van der Waals surface area contributed by atoms with Gasteiger partial charge in [0.15, 0.2) is 11.9 Å². The van der Waals surface area contributed by atoms with Crippen LogP contribution in [0.4, 0.5) is 45.5 Å². The Bertz CT molecular complexity index is 7260. The van der Waals surface area contributed by atoms with Gasteiger partial charge in [-0.25, -0.2) is 34.5 Å². The molecule has 0 radical (unpaired) electrons. The second-order valence-corrected chi connectivity index (χ2v) is 36.1. The number of nitrogens with zero attached hydrogens (tertiary/aromatic N) is 11. The van der Waals surface area contributed by atoms with Crippen LogP contribution in [-0.2, 0) is 24.0 Å². The number of hydrogen-bond donors (Lipinski definition) is 8. The number of aliphatic imine (C=N–C) groups is 3. The van der Waals surface area contributed by atoms with Crippen molar-refractivity contribution >= 4 is 226 Å². The van der Waals surface area contributed by atoms with E-state index in [1.165, 1.54) is 34.1 Å². The molecule has 12 aromatic rings. The molecule has 1 aliphatic carbocycles. The molecule has 5 fully saturated rings. The number of carbonyl (C=O) groups excluding carboxylic acids is 9. The molecule has 0 bridgehead atoms. The molecule has 9 aliphatic rings. The first-order chi connectivity index (χ1) is 64.3. The van der Waals surface area contributed by atoms with Crippen LogP contribution in [0, 0.1) is 0 Å². The van der Waals surface area contributed by atoms with Crippen LogP contribution in [0.15, 0.2) is 136 Å². The summed E-state index contributed by atoms with van der Waals surface area (Å²) in [5, 5.41) is 84.5. The molecule has 674 valence electrons. The van der Waals surface area contributed by atoms with E-state index in [2.05, 4.69) is 39.9 Å². The third kappa shape index (κ3) is 13.9. The predicted octanol–water partition coefficient (Wildman–Crippen LogP) is 15.9. The second kappa shape index (κ2) is 33.0. The first-order valence-electron chi connectivity index (χ1n) is 45.6. The summed E-state index contributed by atoms with van der Waals surface area (Å²) in [5.41, 5.74) is 6.59. The minimum absolute atomic E-state index is 0.161. The van der Waals surface area contributed by atoms with Crippen molar-refractivity contribution < 1.29 is 98.1 Å². The first kappa shape index (κ1) is 84.6. The molecule has 0 aromatic heterocycles. The van der Waals surface area contributed by atoms with Crippen LogP contribution in [0.25, 0.3) is 86.2 Å². The number of imide groups is 4. The summed E-state index contributed by atoms with van der Waals surface area (Å²) in [5.74, 6) is -13.4. The Morgan fingerprint density at radius 3 is 0.940 bits per heavy atom. The van der Waals surface area contributed by atoms with Crippen LogP contribution in [0.2, 0.25) is 0 Å². The SMILES string of the molecule is O=C(O)CC[C@H](N=C(O)[C@H](CCC(=O)O)N=C(O)[C@H](CCC(=O)O)N=C(O)CCC(=O)Nc1ccc(N2C(=O)c3ccc4c5c(N6CCCC6)cc6c7c(ccc(c8c(N9CCCC9)cc(c3c48)C2=O)c75)C(=O)N(c2ccc(N3C(=O)c4ccc5c7c(N8CCCC8)cc8c9c(ccc(c%10c(N%11CCCC%11)cc(c4c5%10)C3=O)c97)C(=O)N(C3CCCCC3)C8=O)cc2)C6=O)cc1)C(=O)O. The number of carbonyl (C=O) groups is 13. The highest BCUT2D eigenvalue weighted by Crippen LogP contribution is 2.57. The fraction of sp³-hybridized carbons (Fsp3) is 0.327. The average Bonchev–Trinajstić information content (AvgIpc) is 1.24. The quantitative estimate of drug-likeness (QED) is 0.00779. The number of nitrogens with one attached hydrogen (secondary N) is 1. The van der Waals surface area contributed by atoms with Gasteiger partial charge < -0.3 is 60.7 Å². The van der Waals surface area contributed by atoms with Crippen LogP contribution in [-0.4, -0.2) is 212 Å². The second-order valence-electron chi connectivity index (χ2n) is 36.1. The van der Waals surface area contributed by atoms with E-state index in [9.17, 15) is 59.4 Å². The molecule has 0 spiro atoms. The number of benzene rings is 12. The highest BCUT2D eigenvalue weighted by molar-refractivity contribution is 6.50. The van der Waals surface area contributed by atoms with E-state index in [0.29, 0.717) is 110 Å². The molecule has 8 N–H and O–H groups in total. The van der Waals surface area contributed by atoms with Gasteiger partial charge in [-0.1, -0.05) is 43.5 Å². The number of carboxylic acid groups (broad SMARTS) is 4. The van der Waals surface area contributed by atoms with E-state index in [1.807, 2.05) is 54.6 Å². The third-order valence-electron chi connectivity index (χ3n) is 28.4. The Balaban J connectivity index is 0.583. The molecule has 3 atom stereocenters. The molecular formula is C101H90N12O20. The van der Waals surface area contributed by atoms with Crippen molar-refractivity contribution in [2.75, 3.05) is 92.0 Å². The predicted molar refractivity (Wildman–Crippen MR) is 502 cm³/mol. The lowest BCUT2D eigenvalue weighted by atomic mass is 9.80. The van der Waals surface area contributed by atoms with Gasteiger partial charge in [-0.3, -0.25) is 62.4 Å². The van der Waals surface area contributed by atoms with Crippen molar-refractivity contribution in [2.45, 2.75) is 159 Å². The van der Waals surface area contributed by atoms with Crippen molar-refractivity contribution in [1.29, 1.82) is 0 Å². The summed E-state index contributed by atoms with van der Waals surface area (Å²) in [7, 11) is 0. The Kier molecular flexibility index (Phi) is 21.0. The molecule has 8 aliphatic heterocycles. The van der Waals surface area contributed by atoms with E-state index in [0.717, 1.165) is 167 Å². The Hall–Kier alpha value is -15.2. The maximum Gasteiger partial charge on any atom is 0.328 e. The molecule has 0 unspecified atom stereocenters. The van der Waals surface area contributed by atoms with Crippen LogP contribution in [0.5, 0.6) is 0 Å². The molecule has 8 heterocycles. The fourth-order valence-electron chi connectivity index (χ4n) is 22.2. The molecule has 9 amide bonds. The van der Waals surface area contributed by atoms with E-state index < -0.39 is 152 Å². The zero-order chi connectivity index (χ0) is 92.1. The van der Waals surface area contributed by atoms with Crippen molar-refractivity contribution in [1.82, 2.24) is 4.90 Å². The molecule has 1 saturated carbocycles. The van der Waals surface area contributed by atoms with Crippen molar-refractivity contribution in [3.8, 4) is 0 Å². The van der Waals surface area contributed by atoms with Gasteiger partial charge in [0.25, 0.3) is 47.3 Å². The van der Waals surface area contributed by atoms with E-state index in [4.69, 9.17) is 5.11 Å². The van der Waals surface area contributed by atoms with Crippen molar-refractivity contribution in [3.63, 3.8) is 0 Å². The van der Waals surface area contributed by atoms with Crippen LogP contribution in [0.3, 0.4) is 0 Å². The monoisotopic (exact) mass is 1790 g/mol. The summed E-state index contributed by atoms with van der Waals surface area (Å²) in [4.78, 5) is 210. The topological polar surface area (TPSA) is 439 Å². The lowest BCUT2D eigenvalue weighted by Gasteiger charge is -2.37. The van der Waals surface area contributed by atoms with E-state index in [-0.39, 0.29) is 62.9 Å². The van der Waals surface area contributed by atoms with Gasteiger partial charge in [0.2, 0.25) is 17.7 Å². The van der Waals surface area contributed by atoms with E-state index >= 15 is 33.6 Å². The first-order valence-corrected chi connectivity index (χ1v) is 45.6. The number of anilines is 8. The maximum atomic E-state index is 16.0. The highest BCUT2D eigenvalue weighted by atomic mass is 16.4. The number of fused-ring (bicyclic) bond motifs is 4. The Morgan fingerprint density at radius 1 is 0.308 bits per heavy atom. The van der Waals surface area contributed by atoms with E-state index in [1.54, 1.807) is 42.5 Å². The highest BCUT2D eigenvalue weighted by Gasteiger charge is 2.46. The number of aliphatic carboxylic acids is 4. The number of rotatable bonds is 27. The third-order valence-corrected chi connectivity index (χ3v) is 28.4. The van der Waals surface area contributed by atoms with Gasteiger partial charge >= 0.3 is 23.9 Å². The van der Waals surface area contributed by atoms with Gasteiger partial charge in [-0.2, -0.15) is 0 Å². The van der Waals surface area contributed by atoms with Crippen LogP contribution >= 0.6 is 0 Å². The Labute approximate surface area is 757 Å². The molecular weight excluding hydrogens is 1700 g/mol. The zero-order valence-corrected chi connectivity index (χ0v) is 72.2. The maximum absolute atomic E-state index is 16.0. The summed E-state index contributed by atoms with van der Waals surface area (Å²) in [6.45, 7) is 5.47. The zero-order valence-electron chi connectivity index (χ0n) is 72.2. The fourth-order valence-corrected chi connectivity index (χ4v) is 22.2. The Morgan fingerprint density at radius 2 is 0.602 bits per heavy atom. The minimum Gasteiger partial charge on any atom is -0.497 e. The molecule has 12 aromatic carbocycles. The number of aliphatic hydroxyl groups excluding tert-OH is 3. The number of carboxylic acids is 4.